The topological polar surface area (TPSA) is 55.6 Å². The molecule has 2 heterocycles. The number of nitrogens with one attached hydrogen (secondary N) is 1. The second-order valence-electron chi connectivity index (χ2n) is 6.52. The molecule has 0 spiro atoms. The number of halogens is 1. The monoisotopic (exact) mass is 371 g/mol. The van der Waals surface area contributed by atoms with Crippen molar-refractivity contribution in [3.63, 3.8) is 0 Å². The smallest absolute Gasteiger partial charge is 0.274 e. The number of anilines is 1. The number of fused-ring (bicyclic) bond motifs is 1. The molecule has 0 atom stereocenters. The first-order valence-electron chi connectivity index (χ1n) is 8.68. The Morgan fingerprint density at radius 3 is 2.62 bits per heavy atom. The molecule has 0 aliphatic carbocycles. The number of amides is 1. The van der Waals surface area contributed by atoms with E-state index >= 15 is 0 Å². The lowest BCUT2D eigenvalue weighted by Crippen LogP contribution is -2.16. The molecule has 26 heavy (non-hydrogen) atoms. The van der Waals surface area contributed by atoms with E-state index in [1.807, 2.05) is 31.2 Å². The summed E-state index contributed by atoms with van der Waals surface area (Å²) >= 11 is 6.08. The van der Waals surface area contributed by atoms with Gasteiger partial charge in [0.15, 0.2) is 0 Å². The number of aryl methyl sites for hydroxylation is 1. The zero-order valence-electron chi connectivity index (χ0n) is 15.1. The summed E-state index contributed by atoms with van der Waals surface area (Å²) in [5.74, 6) is 1.03. The van der Waals surface area contributed by atoms with Crippen molar-refractivity contribution < 1.29 is 9.53 Å². The van der Waals surface area contributed by atoms with Gasteiger partial charge in [-0.1, -0.05) is 32.4 Å². The molecule has 3 rings (SSSR count). The second-order valence-corrected chi connectivity index (χ2v) is 6.96. The van der Waals surface area contributed by atoms with Gasteiger partial charge in [0.05, 0.1) is 17.3 Å². The summed E-state index contributed by atoms with van der Waals surface area (Å²) in [7, 11) is 0. The van der Waals surface area contributed by atoms with Gasteiger partial charge in [-0.15, -0.1) is 0 Å². The van der Waals surface area contributed by atoms with Crippen LogP contribution < -0.4 is 10.1 Å². The molecule has 0 radical (unpaired) electrons. The number of benzene rings is 1. The largest absolute Gasteiger partial charge is 0.493 e. The van der Waals surface area contributed by atoms with Crippen molar-refractivity contribution in [2.45, 2.75) is 27.2 Å². The van der Waals surface area contributed by atoms with Gasteiger partial charge in [0.1, 0.15) is 17.1 Å². The minimum Gasteiger partial charge on any atom is -0.493 e. The molecule has 1 aromatic carbocycles. The van der Waals surface area contributed by atoms with E-state index in [2.05, 4.69) is 24.1 Å². The molecule has 0 aliphatic heterocycles. The van der Waals surface area contributed by atoms with Crippen molar-refractivity contribution in [2.24, 2.45) is 5.92 Å². The fraction of sp³-hybridized carbons (Fsp3) is 0.300. The second kappa shape index (κ2) is 7.79. The molecule has 0 aliphatic rings. The lowest BCUT2D eigenvalue weighted by molar-refractivity contribution is 0.102. The zero-order valence-corrected chi connectivity index (χ0v) is 15.9. The van der Waals surface area contributed by atoms with Gasteiger partial charge in [-0.2, -0.15) is 0 Å². The minimum absolute atomic E-state index is 0.215. The van der Waals surface area contributed by atoms with E-state index in [1.54, 1.807) is 22.7 Å². The van der Waals surface area contributed by atoms with Crippen molar-refractivity contribution in [3.05, 3.63) is 59.0 Å². The highest BCUT2D eigenvalue weighted by Crippen LogP contribution is 2.20. The van der Waals surface area contributed by atoms with Crippen LogP contribution in [-0.4, -0.2) is 21.9 Å². The molecule has 1 N–H and O–H groups in total. The first-order chi connectivity index (χ1) is 12.5. The van der Waals surface area contributed by atoms with Crippen LogP contribution >= 0.6 is 11.6 Å². The molecule has 6 heteroatoms. The van der Waals surface area contributed by atoms with Crippen molar-refractivity contribution in [2.75, 3.05) is 11.9 Å². The normalized spacial score (nSPS) is 11.1. The van der Waals surface area contributed by atoms with E-state index in [1.165, 1.54) is 0 Å². The van der Waals surface area contributed by atoms with E-state index in [4.69, 9.17) is 16.3 Å². The maximum absolute atomic E-state index is 12.8. The molecule has 0 unspecified atom stereocenters. The predicted octanol–water partition coefficient (Wildman–Crippen LogP) is 4.84. The summed E-state index contributed by atoms with van der Waals surface area (Å²) < 4.78 is 7.40. The molecule has 3 aromatic rings. The maximum Gasteiger partial charge on any atom is 0.274 e. The minimum atomic E-state index is -0.215. The van der Waals surface area contributed by atoms with Gasteiger partial charge in [0.25, 0.3) is 5.91 Å². The highest BCUT2D eigenvalue weighted by Gasteiger charge is 2.18. The van der Waals surface area contributed by atoms with Crippen LogP contribution in [0.3, 0.4) is 0 Å². The summed E-state index contributed by atoms with van der Waals surface area (Å²) in [5, 5.41) is 3.48. The predicted molar refractivity (Wildman–Crippen MR) is 104 cm³/mol. The Kier molecular flexibility index (Phi) is 5.47. The number of pyridine rings is 1. The number of imidazole rings is 1. The Balaban J connectivity index is 1.82. The van der Waals surface area contributed by atoms with Crippen LogP contribution in [0.5, 0.6) is 5.75 Å². The average molecular weight is 372 g/mol. The first-order valence-corrected chi connectivity index (χ1v) is 9.06. The number of hydrogen-bond donors (Lipinski definition) is 1. The van der Waals surface area contributed by atoms with Crippen molar-refractivity contribution in [1.29, 1.82) is 0 Å². The lowest BCUT2D eigenvalue weighted by atomic mass is 10.2. The Bertz CT molecular complexity index is 917. The molecule has 0 saturated carbocycles. The molecular formula is C20H22ClN3O2. The van der Waals surface area contributed by atoms with Crippen LogP contribution in [0, 0.1) is 5.92 Å². The molecule has 0 saturated heterocycles. The average Bonchev–Trinajstić information content (AvgIpc) is 2.98. The van der Waals surface area contributed by atoms with Crippen molar-refractivity contribution in [3.8, 4) is 5.75 Å². The Labute approximate surface area is 158 Å². The summed E-state index contributed by atoms with van der Waals surface area (Å²) in [4.78, 5) is 17.3. The molecule has 0 fully saturated rings. The first kappa shape index (κ1) is 18.3. The molecule has 1 amide bonds. The van der Waals surface area contributed by atoms with Crippen LogP contribution in [0.15, 0.2) is 42.6 Å². The van der Waals surface area contributed by atoms with Gasteiger partial charge in [0, 0.05) is 11.9 Å². The number of rotatable bonds is 6. The Morgan fingerprint density at radius 1 is 1.23 bits per heavy atom. The molecule has 136 valence electrons. The number of hydrogen-bond acceptors (Lipinski definition) is 3. The third kappa shape index (κ3) is 3.99. The van der Waals surface area contributed by atoms with Gasteiger partial charge >= 0.3 is 0 Å². The summed E-state index contributed by atoms with van der Waals surface area (Å²) in [6.45, 7) is 6.83. The van der Waals surface area contributed by atoms with E-state index < -0.39 is 0 Å². The van der Waals surface area contributed by atoms with Crippen LogP contribution in [-0.2, 0) is 6.42 Å². The third-order valence-corrected chi connectivity index (χ3v) is 4.12. The number of ether oxygens (including phenoxy) is 1. The Hall–Kier alpha value is -2.53. The van der Waals surface area contributed by atoms with Crippen LogP contribution in [0.4, 0.5) is 5.69 Å². The highest BCUT2D eigenvalue weighted by atomic mass is 35.5. The van der Waals surface area contributed by atoms with Gasteiger partial charge in [-0.05, 0) is 48.7 Å². The van der Waals surface area contributed by atoms with Crippen LogP contribution in [0.25, 0.3) is 5.65 Å². The highest BCUT2D eigenvalue weighted by molar-refractivity contribution is 6.30. The van der Waals surface area contributed by atoms with Crippen molar-refractivity contribution >= 4 is 28.8 Å². The molecule has 2 aromatic heterocycles. The van der Waals surface area contributed by atoms with Gasteiger partial charge in [-0.3, -0.25) is 9.20 Å². The van der Waals surface area contributed by atoms with Gasteiger partial charge in [-0.25, -0.2) is 4.98 Å². The summed E-state index contributed by atoms with van der Waals surface area (Å²) in [6, 6.07) is 10.9. The van der Waals surface area contributed by atoms with Crippen LogP contribution in [0.1, 0.15) is 37.0 Å². The van der Waals surface area contributed by atoms with Gasteiger partial charge in [0.2, 0.25) is 0 Å². The summed E-state index contributed by atoms with van der Waals surface area (Å²) in [5.41, 5.74) is 2.64. The number of carbonyl (C=O) groups is 1. The quantitative estimate of drug-likeness (QED) is 0.674. The SMILES string of the molecule is CCc1nc2ccc(Cl)cn2c1C(=O)Nc1ccc(OCC(C)C)cc1. The van der Waals surface area contributed by atoms with E-state index in [0.717, 1.165) is 11.4 Å². The lowest BCUT2D eigenvalue weighted by Gasteiger charge is -2.10. The number of carbonyl (C=O) groups excluding carboxylic acids is 1. The molecule has 5 nitrogen and oxygen atoms in total. The van der Waals surface area contributed by atoms with E-state index in [9.17, 15) is 4.79 Å². The fourth-order valence-corrected chi connectivity index (χ4v) is 2.80. The standard InChI is InChI=1S/C20H22ClN3O2/c1-4-17-19(24-11-14(21)5-10-18(24)23-17)20(25)22-15-6-8-16(9-7-15)26-12-13(2)3/h5-11,13H,4,12H2,1-3H3,(H,22,25). The molecular weight excluding hydrogens is 350 g/mol. The van der Waals surface area contributed by atoms with Gasteiger partial charge < -0.3 is 10.1 Å². The zero-order chi connectivity index (χ0) is 18.7. The number of aromatic nitrogens is 2. The number of nitrogens with zero attached hydrogens (tertiary/aromatic N) is 2. The fourth-order valence-electron chi connectivity index (χ4n) is 2.64. The molecule has 0 bridgehead atoms. The third-order valence-electron chi connectivity index (χ3n) is 3.90. The van der Waals surface area contributed by atoms with Crippen molar-refractivity contribution in [1.82, 2.24) is 9.38 Å². The summed E-state index contributed by atoms with van der Waals surface area (Å²) in [6.07, 6.45) is 2.37. The van der Waals surface area contributed by atoms with E-state index in [0.29, 0.717) is 41.0 Å². The Morgan fingerprint density at radius 2 is 1.96 bits per heavy atom. The maximum atomic E-state index is 12.8. The van der Waals surface area contributed by atoms with Crippen LogP contribution in [0.2, 0.25) is 5.02 Å². The van der Waals surface area contributed by atoms with E-state index in [-0.39, 0.29) is 5.91 Å².